The molecule has 0 aliphatic carbocycles. The molecule has 1 aromatic heterocycles. The van der Waals surface area contributed by atoms with Crippen molar-refractivity contribution in [2.24, 2.45) is 5.41 Å². The van der Waals surface area contributed by atoms with E-state index in [1.165, 1.54) is 5.56 Å². The van der Waals surface area contributed by atoms with Crippen molar-refractivity contribution in [1.82, 2.24) is 14.8 Å². The van der Waals surface area contributed by atoms with Crippen LogP contribution in [0.2, 0.25) is 0 Å². The van der Waals surface area contributed by atoms with Crippen molar-refractivity contribution in [1.29, 1.82) is 0 Å². The summed E-state index contributed by atoms with van der Waals surface area (Å²) in [5, 5.41) is 9.41. The molecule has 2 aliphatic rings. The summed E-state index contributed by atoms with van der Waals surface area (Å²) in [7, 11) is 2.13. The minimum atomic E-state index is 0.0477. The van der Waals surface area contributed by atoms with E-state index >= 15 is 0 Å². The van der Waals surface area contributed by atoms with Crippen molar-refractivity contribution < 1.29 is 14.6 Å². The van der Waals surface area contributed by atoms with Crippen LogP contribution in [0.15, 0.2) is 48.8 Å². The summed E-state index contributed by atoms with van der Waals surface area (Å²) >= 11 is 0. The highest BCUT2D eigenvalue weighted by Gasteiger charge is 2.43. The summed E-state index contributed by atoms with van der Waals surface area (Å²) in [4.78, 5) is 21.1. The van der Waals surface area contributed by atoms with Crippen LogP contribution in [0.5, 0.6) is 5.75 Å². The highest BCUT2D eigenvalue weighted by molar-refractivity contribution is 5.94. The van der Waals surface area contributed by atoms with E-state index in [4.69, 9.17) is 4.74 Å². The van der Waals surface area contributed by atoms with Gasteiger partial charge in [0.05, 0.1) is 12.7 Å². The molecule has 1 atom stereocenters. The third-order valence-corrected chi connectivity index (χ3v) is 6.20. The number of amides is 1. The standard InChI is InChI=1S/C23H29N3O3/c1-25(15-18-3-2-10-24-14-18)16-21-13-23(17-29-21)8-11-26(12-9-23)22(28)19-4-6-20(27)7-5-19/h2-7,10,14,21,27H,8-9,11-13,15-17H2,1H3/t21-/m1/s1. The van der Waals surface area contributed by atoms with Gasteiger partial charge >= 0.3 is 0 Å². The van der Waals surface area contributed by atoms with E-state index < -0.39 is 0 Å². The summed E-state index contributed by atoms with van der Waals surface area (Å²) in [5.41, 5.74) is 2.05. The highest BCUT2D eigenvalue weighted by Crippen LogP contribution is 2.42. The molecule has 1 N–H and O–H groups in total. The lowest BCUT2D eigenvalue weighted by atomic mass is 9.76. The van der Waals surface area contributed by atoms with Gasteiger partial charge in [-0.15, -0.1) is 0 Å². The first-order chi connectivity index (χ1) is 14.0. The molecular weight excluding hydrogens is 366 g/mol. The first-order valence-electron chi connectivity index (χ1n) is 10.3. The van der Waals surface area contributed by atoms with Gasteiger partial charge in [-0.1, -0.05) is 6.07 Å². The van der Waals surface area contributed by atoms with Crippen LogP contribution in [0.25, 0.3) is 0 Å². The van der Waals surface area contributed by atoms with Gasteiger partial charge in [0.25, 0.3) is 5.91 Å². The van der Waals surface area contributed by atoms with E-state index in [1.807, 2.05) is 17.2 Å². The zero-order valence-electron chi connectivity index (χ0n) is 17.0. The molecule has 0 bridgehead atoms. The van der Waals surface area contributed by atoms with E-state index in [9.17, 15) is 9.90 Å². The number of carbonyl (C=O) groups is 1. The number of likely N-dealkylation sites (tertiary alicyclic amines) is 1. The second-order valence-corrected chi connectivity index (χ2v) is 8.53. The molecule has 2 aliphatic heterocycles. The fraction of sp³-hybridized carbons (Fsp3) is 0.478. The van der Waals surface area contributed by atoms with E-state index in [-0.39, 0.29) is 23.2 Å². The van der Waals surface area contributed by atoms with Crippen LogP contribution in [-0.2, 0) is 11.3 Å². The summed E-state index contributed by atoms with van der Waals surface area (Å²) < 4.78 is 6.16. The Kier molecular flexibility index (Phi) is 5.83. The molecular formula is C23H29N3O3. The third-order valence-electron chi connectivity index (χ3n) is 6.20. The molecule has 2 fully saturated rings. The number of ether oxygens (including phenoxy) is 1. The number of phenolic OH excluding ortho intramolecular Hbond substituents is 1. The largest absolute Gasteiger partial charge is 0.508 e. The molecule has 6 nitrogen and oxygen atoms in total. The normalized spacial score (nSPS) is 21.0. The van der Waals surface area contributed by atoms with Gasteiger partial charge in [-0.2, -0.15) is 0 Å². The first kappa shape index (κ1) is 19.9. The predicted molar refractivity (Wildman–Crippen MR) is 111 cm³/mol. The first-order valence-corrected chi connectivity index (χ1v) is 10.3. The van der Waals surface area contributed by atoms with Gasteiger partial charge in [-0.3, -0.25) is 14.7 Å². The van der Waals surface area contributed by atoms with Crippen molar-refractivity contribution in [2.45, 2.75) is 31.9 Å². The zero-order valence-corrected chi connectivity index (χ0v) is 17.0. The smallest absolute Gasteiger partial charge is 0.253 e. The Balaban J connectivity index is 1.27. The molecule has 0 radical (unpaired) electrons. The summed E-state index contributed by atoms with van der Waals surface area (Å²) in [6, 6.07) is 10.6. The van der Waals surface area contributed by atoms with Gasteiger partial charge in [0.15, 0.2) is 0 Å². The number of aromatic hydroxyl groups is 1. The van der Waals surface area contributed by atoms with Crippen molar-refractivity contribution >= 4 is 5.91 Å². The second kappa shape index (κ2) is 8.51. The SMILES string of the molecule is CN(Cc1cccnc1)C[C@H]1CC2(CCN(C(=O)c3ccc(O)cc3)CC2)CO1. The molecule has 2 aromatic rings. The molecule has 1 aromatic carbocycles. The Morgan fingerprint density at radius 1 is 1.28 bits per heavy atom. The number of phenols is 1. The average molecular weight is 396 g/mol. The lowest BCUT2D eigenvalue weighted by Crippen LogP contribution is -2.43. The zero-order chi connectivity index (χ0) is 20.3. The summed E-state index contributed by atoms with van der Waals surface area (Å²) in [6.45, 7) is 4.10. The summed E-state index contributed by atoms with van der Waals surface area (Å²) in [6.07, 6.45) is 6.99. The Morgan fingerprint density at radius 3 is 2.72 bits per heavy atom. The van der Waals surface area contributed by atoms with E-state index in [0.29, 0.717) is 5.56 Å². The molecule has 4 rings (SSSR count). The van der Waals surface area contributed by atoms with E-state index in [0.717, 1.165) is 52.0 Å². The van der Waals surface area contributed by atoms with Crippen LogP contribution in [0.4, 0.5) is 0 Å². The molecule has 154 valence electrons. The third kappa shape index (κ3) is 4.77. The minimum absolute atomic E-state index is 0.0477. The van der Waals surface area contributed by atoms with Gasteiger partial charge < -0.3 is 14.7 Å². The number of aromatic nitrogens is 1. The Morgan fingerprint density at radius 2 is 2.03 bits per heavy atom. The molecule has 29 heavy (non-hydrogen) atoms. The van der Waals surface area contributed by atoms with Gasteiger partial charge in [-0.05, 0) is 67.6 Å². The molecule has 0 unspecified atom stereocenters. The number of hydrogen-bond donors (Lipinski definition) is 1. The predicted octanol–water partition coefficient (Wildman–Crippen LogP) is 2.93. The maximum absolute atomic E-state index is 12.7. The van der Waals surface area contributed by atoms with E-state index in [1.54, 1.807) is 30.5 Å². The van der Waals surface area contributed by atoms with Crippen LogP contribution >= 0.6 is 0 Å². The Labute approximate surface area is 172 Å². The summed E-state index contributed by atoms with van der Waals surface area (Å²) in [5.74, 6) is 0.230. The molecule has 0 saturated carbocycles. The van der Waals surface area contributed by atoms with Gasteiger partial charge in [0, 0.05) is 44.1 Å². The van der Waals surface area contributed by atoms with Crippen molar-refractivity contribution in [2.75, 3.05) is 33.3 Å². The van der Waals surface area contributed by atoms with Crippen LogP contribution in [0, 0.1) is 5.41 Å². The van der Waals surface area contributed by atoms with Gasteiger partial charge in [0.1, 0.15) is 5.75 Å². The van der Waals surface area contributed by atoms with Crippen molar-refractivity contribution in [3.8, 4) is 5.75 Å². The quantitative estimate of drug-likeness (QED) is 0.843. The Bertz CT molecular complexity index is 817. The lowest BCUT2D eigenvalue weighted by Gasteiger charge is -2.38. The van der Waals surface area contributed by atoms with Crippen LogP contribution in [0.1, 0.15) is 35.2 Å². The topological polar surface area (TPSA) is 65.9 Å². The van der Waals surface area contributed by atoms with Gasteiger partial charge in [0.2, 0.25) is 0 Å². The molecule has 6 heteroatoms. The fourth-order valence-corrected chi connectivity index (χ4v) is 4.55. The number of benzene rings is 1. The van der Waals surface area contributed by atoms with E-state index in [2.05, 4.69) is 23.0 Å². The number of rotatable bonds is 5. The highest BCUT2D eigenvalue weighted by atomic mass is 16.5. The number of carbonyl (C=O) groups excluding carboxylic acids is 1. The van der Waals surface area contributed by atoms with Crippen LogP contribution in [-0.4, -0.2) is 65.2 Å². The molecule has 2 saturated heterocycles. The number of likely N-dealkylation sites (N-methyl/N-ethyl adjacent to an activating group) is 1. The monoisotopic (exact) mass is 395 g/mol. The maximum atomic E-state index is 12.7. The molecule has 1 amide bonds. The number of hydrogen-bond acceptors (Lipinski definition) is 5. The maximum Gasteiger partial charge on any atom is 0.253 e. The molecule has 3 heterocycles. The Hall–Kier alpha value is -2.44. The second-order valence-electron chi connectivity index (χ2n) is 8.53. The average Bonchev–Trinajstić information content (AvgIpc) is 3.11. The number of nitrogens with zero attached hydrogens (tertiary/aromatic N) is 3. The van der Waals surface area contributed by atoms with Gasteiger partial charge in [-0.25, -0.2) is 0 Å². The fourth-order valence-electron chi connectivity index (χ4n) is 4.55. The lowest BCUT2D eigenvalue weighted by molar-refractivity contribution is 0.0457. The van der Waals surface area contributed by atoms with Crippen LogP contribution < -0.4 is 0 Å². The molecule has 1 spiro atoms. The van der Waals surface area contributed by atoms with Crippen molar-refractivity contribution in [3.63, 3.8) is 0 Å². The number of piperidine rings is 1. The number of pyridine rings is 1. The minimum Gasteiger partial charge on any atom is -0.508 e. The van der Waals surface area contributed by atoms with Crippen LogP contribution in [0.3, 0.4) is 0 Å². The van der Waals surface area contributed by atoms with Crippen molar-refractivity contribution in [3.05, 3.63) is 59.9 Å².